The fourth-order valence-electron chi connectivity index (χ4n) is 0.511. The highest BCUT2D eigenvalue weighted by Crippen LogP contribution is 2.26. The summed E-state index contributed by atoms with van der Waals surface area (Å²) in [5, 5.41) is 10.2. The summed E-state index contributed by atoms with van der Waals surface area (Å²) in [4.78, 5) is 20.5. The third-order valence-corrected chi connectivity index (χ3v) is 1.05. The van der Waals surface area contributed by atoms with E-state index in [1.54, 1.807) is 5.18 Å². The fraction of sp³-hybridized carbons (Fsp3) is 0.500. The van der Waals surface area contributed by atoms with Crippen LogP contribution in [0.1, 0.15) is 6.92 Å². The number of nitroso groups, excluding NO2 is 1. The summed E-state index contributed by atoms with van der Waals surface area (Å²) in [5.74, 6) is -3.97. The molecular weight excluding hydrogens is 207 g/mol. The first kappa shape index (κ1) is 12.4. The lowest BCUT2D eigenvalue weighted by atomic mass is 10.3. The van der Waals surface area contributed by atoms with E-state index in [0.717, 1.165) is 0 Å². The maximum Gasteiger partial charge on any atom is 0.451 e. The summed E-state index contributed by atoms with van der Waals surface area (Å²) in [7, 11) is 0. The molecule has 0 spiro atoms. The van der Waals surface area contributed by atoms with Crippen molar-refractivity contribution in [1.29, 1.82) is 0 Å². The topological polar surface area (TPSA) is 76.0 Å². The molecule has 0 aromatic heterocycles. The van der Waals surface area contributed by atoms with Crippen LogP contribution in [-0.2, 0) is 9.53 Å². The lowest BCUT2D eigenvalue weighted by molar-refractivity contribution is -0.143. The number of hydrogen-bond donors (Lipinski definition) is 1. The number of rotatable bonds is 3. The van der Waals surface area contributed by atoms with Crippen molar-refractivity contribution >= 4 is 5.97 Å². The Labute approximate surface area is 76.1 Å². The molecule has 0 radical (unpaired) electrons. The van der Waals surface area contributed by atoms with Crippen LogP contribution in [0.5, 0.6) is 0 Å². The summed E-state index contributed by atoms with van der Waals surface area (Å²) in [5.41, 5.74) is -1.68. The smallest absolute Gasteiger partial charge is 0.451 e. The number of allylic oxidation sites excluding steroid dienone is 1. The van der Waals surface area contributed by atoms with Crippen molar-refractivity contribution in [2.75, 3.05) is 6.61 Å². The Morgan fingerprint density at radius 2 is 2.00 bits per heavy atom. The van der Waals surface area contributed by atoms with Crippen molar-refractivity contribution in [3.05, 3.63) is 16.4 Å². The molecule has 0 fully saturated rings. The van der Waals surface area contributed by atoms with Gasteiger partial charge in [0.25, 0.3) is 0 Å². The Morgan fingerprint density at radius 3 is 2.29 bits per heavy atom. The van der Waals surface area contributed by atoms with Crippen LogP contribution in [0.2, 0.25) is 0 Å². The largest absolute Gasteiger partial charge is 0.502 e. The molecule has 0 bridgehead atoms. The molecule has 8 heteroatoms. The van der Waals surface area contributed by atoms with Gasteiger partial charge in [-0.15, -0.1) is 4.91 Å². The summed E-state index contributed by atoms with van der Waals surface area (Å²) in [6, 6.07) is 0. The summed E-state index contributed by atoms with van der Waals surface area (Å²) in [6.45, 7) is 1.09. The molecular formula is C6H6F3NO4. The number of hydrogen-bond acceptors (Lipinski definition) is 5. The number of ether oxygens (including phenoxy) is 1. The minimum absolute atomic E-state index is 0.233. The fourth-order valence-corrected chi connectivity index (χ4v) is 0.511. The van der Waals surface area contributed by atoms with E-state index in [4.69, 9.17) is 5.11 Å². The number of halogens is 3. The first-order valence-corrected chi connectivity index (χ1v) is 3.35. The molecule has 0 aromatic carbocycles. The summed E-state index contributed by atoms with van der Waals surface area (Å²) in [6.07, 6.45) is -5.20. The van der Waals surface area contributed by atoms with Gasteiger partial charge in [-0.3, -0.25) is 0 Å². The van der Waals surface area contributed by atoms with E-state index in [2.05, 4.69) is 4.74 Å². The zero-order valence-electron chi connectivity index (χ0n) is 6.96. The maximum atomic E-state index is 11.8. The Morgan fingerprint density at radius 1 is 1.50 bits per heavy atom. The highest BCUT2D eigenvalue weighted by molar-refractivity contribution is 5.88. The molecule has 0 aliphatic rings. The first-order chi connectivity index (χ1) is 6.34. The van der Waals surface area contributed by atoms with E-state index in [9.17, 15) is 22.9 Å². The van der Waals surface area contributed by atoms with E-state index in [0.29, 0.717) is 0 Å². The van der Waals surface area contributed by atoms with Gasteiger partial charge in [-0.25, -0.2) is 4.79 Å². The van der Waals surface area contributed by atoms with Gasteiger partial charge < -0.3 is 9.84 Å². The molecule has 0 amide bonds. The second kappa shape index (κ2) is 4.58. The second-order valence-electron chi connectivity index (χ2n) is 2.01. The van der Waals surface area contributed by atoms with Crippen LogP contribution in [0.25, 0.3) is 0 Å². The Hall–Kier alpha value is -1.60. The van der Waals surface area contributed by atoms with Crippen LogP contribution in [0, 0.1) is 4.91 Å². The van der Waals surface area contributed by atoms with E-state index < -0.39 is 23.6 Å². The van der Waals surface area contributed by atoms with Crippen LogP contribution in [0.3, 0.4) is 0 Å². The van der Waals surface area contributed by atoms with Crippen molar-refractivity contribution < 1.29 is 27.8 Å². The number of alkyl halides is 3. The highest BCUT2D eigenvalue weighted by Gasteiger charge is 2.40. The van der Waals surface area contributed by atoms with E-state index in [1.165, 1.54) is 6.92 Å². The van der Waals surface area contributed by atoms with Crippen molar-refractivity contribution in [3.8, 4) is 0 Å². The molecule has 0 aromatic rings. The third kappa shape index (κ3) is 3.04. The van der Waals surface area contributed by atoms with Gasteiger partial charge in [-0.1, -0.05) is 0 Å². The molecule has 0 saturated carbocycles. The molecule has 0 aliphatic carbocycles. The minimum atomic E-state index is -5.20. The maximum absolute atomic E-state index is 11.8. The van der Waals surface area contributed by atoms with Crippen molar-refractivity contribution in [2.45, 2.75) is 13.1 Å². The predicted molar refractivity (Wildman–Crippen MR) is 38.1 cm³/mol. The van der Waals surface area contributed by atoms with Gasteiger partial charge in [0.2, 0.25) is 11.5 Å². The monoisotopic (exact) mass is 213 g/mol. The first-order valence-electron chi connectivity index (χ1n) is 3.35. The zero-order chi connectivity index (χ0) is 11.4. The summed E-state index contributed by atoms with van der Waals surface area (Å²) >= 11 is 0. The van der Waals surface area contributed by atoms with Gasteiger partial charge in [0.05, 0.1) is 6.61 Å². The van der Waals surface area contributed by atoms with Crippen molar-refractivity contribution in [3.63, 3.8) is 0 Å². The Balaban J connectivity index is 5.04. The number of esters is 1. The molecule has 14 heavy (non-hydrogen) atoms. The minimum Gasteiger partial charge on any atom is -0.502 e. The van der Waals surface area contributed by atoms with Crippen molar-refractivity contribution in [1.82, 2.24) is 0 Å². The molecule has 80 valence electrons. The Kier molecular flexibility index (Phi) is 4.06. The SMILES string of the molecule is CCOC(=O)/C(N=O)=C(\O)C(F)(F)F. The van der Waals surface area contributed by atoms with Gasteiger partial charge in [-0.05, 0) is 12.1 Å². The van der Waals surface area contributed by atoms with Crippen LogP contribution < -0.4 is 0 Å². The number of aliphatic hydroxyl groups excluding tert-OH is 1. The standard InChI is InChI=1S/C6H6F3NO4/c1-2-14-5(12)3(10-13)4(11)6(7,8)9/h11H,2H2,1H3/b4-3+. The van der Waals surface area contributed by atoms with Gasteiger partial charge in [-0.2, -0.15) is 13.2 Å². The van der Waals surface area contributed by atoms with E-state index in [-0.39, 0.29) is 6.61 Å². The van der Waals surface area contributed by atoms with Crippen LogP contribution >= 0.6 is 0 Å². The lowest BCUT2D eigenvalue weighted by Gasteiger charge is -2.06. The highest BCUT2D eigenvalue weighted by atomic mass is 19.4. The summed E-state index contributed by atoms with van der Waals surface area (Å²) < 4.78 is 39.4. The molecule has 0 saturated heterocycles. The Bertz CT molecular complexity index is 271. The molecule has 0 aliphatic heterocycles. The van der Waals surface area contributed by atoms with Gasteiger partial charge in [0, 0.05) is 0 Å². The van der Waals surface area contributed by atoms with E-state index in [1.807, 2.05) is 0 Å². The molecule has 0 atom stereocenters. The number of aliphatic hydroxyl groups is 1. The quantitative estimate of drug-likeness (QED) is 0.334. The number of carbonyl (C=O) groups excluding carboxylic acids is 1. The van der Waals surface area contributed by atoms with Gasteiger partial charge in [0.1, 0.15) is 0 Å². The molecule has 1 N–H and O–H groups in total. The lowest BCUT2D eigenvalue weighted by Crippen LogP contribution is -2.18. The van der Waals surface area contributed by atoms with Gasteiger partial charge in [0.15, 0.2) is 0 Å². The van der Waals surface area contributed by atoms with E-state index >= 15 is 0 Å². The van der Waals surface area contributed by atoms with Crippen LogP contribution in [0.15, 0.2) is 16.6 Å². The number of carbonyl (C=O) groups is 1. The molecule has 0 rings (SSSR count). The molecule has 0 unspecified atom stereocenters. The number of nitrogens with zero attached hydrogens (tertiary/aromatic N) is 1. The average molecular weight is 213 g/mol. The molecule has 5 nitrogen and oxygen atoms in total. The zero-order valence-corrected chi connectivity index (χ0v) is 6.96. The molecule has 0 heterocycles. The third-order valence-electron chi connectivity index (χ3n) is 1.05. The average Bonchev–Trinajstić information content (AvgIpc) is 2.04. The van der Waals surface area contributed by atoms with Crippen molar-refractivity contribution in [2.24, 2.45) is 5.18 Å². The second-order valence-corrected chi connectivity index (χ2v) is 2.01. The normalized spacial score (nSPS) is 13.1. The van der Waals surface area contributed by atoms with Gasteiger partial charge >= 0.3 is 12.1 Å². The van der Waals surface area contributed by atoms with Crippen LogP contribution in [-0.4, -0.2) is 23.9 Å². The predicted octanol–water partition coefficient (Wildman–Crippen LogP) is 1.65. The van der Waals surface area contributed by atoms with Crippen LogP contribution in [0.4, 0.5) is 13.2 Å².